The van der Waals surface area contributed by atoms with Crippen LogP contribution in [-0.2, 0) is 6.42 Å². The van der Waals surface area contributed by atoms with E-state index in [4.69, 9.17) is 19.9 Å². The Morgan fingerprint density at radius 3 is 1.92 bits per heavy atom. The first-order valence-electron chi connectivity index (χ1n) is 19.2. The molecule has 0 aliphatic heterocycles. The molecule has 0 fully saturated rings. The van der Waals surface area contributed by atoms with Gasteiger partial charge in [-0.05, 0) is 79.1 Å². The summed E-state index contributed by atoms with van der Waals surface area (Å²) in [6.07, 6.45) is 15.3. The van der Waals surface area contributed by atoms with Crippen molar-refractivity contribution in [1.29, 1.82) is 0 Å². The molecule has 13 rings (SSSR count). The lowest BCUT2D eigenvalue weighted by atomic mass is 9.93. The molecule has 9 heterocycles. The number of fused-ring (bicyclic) bond motifs is 9. The zero-order valence-corrected chi connectivity index (χ0v) is 33.4. The second-order valence-electron chi connectivity index (χ2n) is 14.5. The highest BCUT2D eigenvalue weighted by Gasteiger charge is 2.29. The van der Waals surface area contributed by atoms with Crippen LogP contribution in [0.5, 0.6) is 0 Å². The number of aromatic amines is 2. The van der Waals surface area contributed by atoms with Crippen molar-refractivity contribution in [2.45, 2.75) is 12.8 Å². The molecule has 0 amide bonds. The molecule has 0 unspecified atom stereocenters. The number of thiophene rings is 1. The number of pyridine rings is 2. The second-order valence-corrected chi connectivity index (χ2v) is 17.3. The van der Waals surface area contributed by atoms with Crippen LogP contribution in [0.15, 0.2) is 133 Å². The fourth-order valence-corrected chi connectivity index (χ4v) is 11.6. The number of H-pyrrole nitrogens is 2. The van der Waals surface area contributed by atoms with Gasteiger partial charge in [0.05, 0.1) is 43.4 Å². The van der Waals surface area contributed by atoms with Crippen molar-refractivity contribution in [2.24, 2.45) is 0 Å². The number of nitrogens with one attached hydrogen (secondary N) is 2. The summed E-state index contributed by atoms with van der Waals surface area (Å²) in [5.41, 5.74) is 15.2. The van der Waals surface area contributed by atoms with E-state index in [0.717, 1.165) is 101 Å². The van der Waals surface area contributed by atoms with Crippen LogP contribution < -0.4 is 0 Å². The summed E-state index contributed by atoms with van der Waals surface area (Å²) in [7, 11) is 0. The van der Waals surface area contributed by atoms with Gasteiger partial charge in [0.1, 0.15) is 22.9 Å². The molecule has 0 radical (unpaired) electrons. The highest BCUT2D eigenvalue weighted by molar-refractivity contribution is 7.25. The van der Waals surface area contributed by atoms with Gasteiger partial charge in [-0.3, -0.25) is 9.13 Å². The molecule has 280 valence electrons. The topological polar surface area (TPSA) is 119 Å². The van der Waals surface area contributed by atoms with Gasteiger partial charge in [0, 0.05) is 96.0 Å². The molecule has 0 saturated carbocycles. The Labute approximate surface area is 346 Å². The van der Waals surface area contributed by atoms with E-state index in [1.807, 2.05) is 59.3 Å². The lowest BCUT2D eigenvalue weighted by Gasteiger charge is -2.18. The number of imidazole rings is 2. The van der Waals surface area contributed by atoms with Crippen molar-refractivity contribution in [1.82, 2.24) is 49.0 Å². The molecule has 2 N–H and O–H groups in total. The van der Waals surface area contributed by atoms with E-state index < -0.39 is 0 Å². The minimum absolute atomic E-state index is 0.807. The van der Waals surface area contributed by atoms with E-state index >= 15 is 0 Å². The maximum Gasteiger partial charge on any atom is 0.149 e. The zero-order valence-electron chi connectivity index (χ0n) is 30.9. The molecule has 0 spiro atoms. The maximum atomic E-state index is 5.02. The van der Waals surface area contributed by atoms with Crippen LogP contribution in [0.4, 0.5) is 0 Å². The SMILES string of the molecule is C1=C(c2ncsc2-c2ncc[nH]2)c2c(c3cccnc3n2-c2ccc3sc4ccc(-n5c6ncccc6c6cccc(-c7ncsc7-c7ncc[nH]7)c65)cc4c3c2)CC1. The Kier molecular flexibility index (Phi) is 7.11. The third-order valence-corrected chi connectivity index (χ3v) is 14.2. The molecule has 1 aliphatic carbocycles. The van der Waals surface area contributed by atoms with Gasteiger partial charge >= 0.3 is 0 Å². The van der Waals surface area contributed by atoms with Crippen LogP contribution in [0.2, 0.25) is 0 Å². The van der Waals surface area contributed by atoms with E-state index in [-0.39, 0.29) is 0 Å². The molecule has 0 saturated heterocycles. The van der Waals surface area contributed by atoms with E-state index in [9.17, 15) is 0 Å². The summed E-state index contributed by atoms with van der Waals surface area (Å²) in [5, 5.41) is 5.76. The van der Waals surface area contributed by atoms with Crippen LogP contribution >= 0.6 is 34.0 Å². The summed E-state index contributed by atoms with van der Waals surface area (Å²) in [5.74, 6) is 1.63. The van der Waals surface area contributed by atoms with E-state index in [1.54, 1.807) is 35.1 Å². The second kappa shape index (κ2) is 12.7. The van der Waals surface area contributed by atoms with E-state index in [1.165, 1.54) is 31.1 Å². The minimum atomic E-state index is 0.807. The van der Waals surface area contributed by atoms with Crippen molar-refractivity contribution >= 4 is 92.7 Å². The van der Waals surface area contributed by atoms with Gasteiger partial charge in [0.25, 0.3) is 0 Å². The number of allylic oxidation sites excluding steroid dienone is 1. The Hall–Kier alpha value is -7.06. The Morgan fingerprint density at radius 1 is 0.559 bits per heavy atom. The van der Waals surface area contributed by atoms with Crippen LogP contribution in [0.1, 0.15) is 23.4 Å². The molecular formula is C46H28N10S3. The van der Waals surface area contributed by atoms with Gasteiger partial charge in [0.15, 0.2) is 0 Å². The van der Waals surface area contributed by atoms with Gasteiger partial charge in [-0.1, -0.05) is 24.3 Å². The third kappa shape index (κ3) is 4.83. The first kappa shape index (κ1) is 33.0. The summed E-state index contributed by atoms with van der Waals surface area (Å²) < 4.78 is 7.10. The Balaban J connectivity index is 1.03. The number of hydrogen-bond donors (Lipinski definition) is 2. The van der Waals surface area contributed by atoms with Crippen molar-refractivity contribution in [3.63, 3.8) is 0 Å². The number of benzene rings is 3. The normalized spacial score (nSPS) is 13.1. The Morgan fingerprint density at radius 2 is 1.20 bits per heavy atom. The predicted molar refractivity (Wildman–Crippen MR) is 240 cm³/mol. The number of para-hydroxylation sites is 1. The number of aryl methyl sites for hydroxylation is 1. The highest BCUT2D eigenvalue weighted by Crippen LogP contribution is 2.45. The van der Waals surface area contributed by atoms with Gasteiger partial charge in [-0.15, -0.1) is 34.0 Å². The van der Waals surface area contributed by atoms with E-state index in [0.29, 0.717) is 0 Å². The Bertz CT molecular complexity index is 3630. The summed E-state index contributed by atoms with van der Waals surface area (Å²) in [6, 6.07) is 28.5. The molecule has 12 aromatic rings. The third-order valence-electron chi connectivity index (χ3n) is 11.4. The average molecular weight is 817 g/mol. The number of rotatable bonds is 6. The number of thiazole rings is 2. The first-order chi connectivity index (χ1) is 29.3. The fourth-order valence-electron chi connectivity index (χ4n) is 8.99. The summed E-state index contributed by atoms with van der Waals surface area (Å²) in [6.45, 7) is 0. The van der Waals surface area contributed by atoms with Gasteiger partial charge in [-0.25, -0.2) is 29.9 Å². The van der Waals surface area contributed by atoms with Crippen LogP contribution in [0.25, 0.3) is 103 Å². The van der Waals surface area contributed by atoms with Crippen molar-refractivity contribution in [2.75, 3.05) is 0 Å². The summed E-state index contributed by atoms with van der Waals surface area (Å²) >= 11 is 5.01. The van der Waals surface area contributed by atoms with Crippen LogP contribution in [0, 0.1) is 0 Å². The molecule has 0 bridgehead atoms. The lowest BCUT2D eigenvalue weighted by molar-refractivity contribution is 0.951. The van der Waals surface area contributed by atoms with Crippen LogP contribution in [0.3, 0.4) is 0 Å². The fraction of sp³-hybridized carbons (Fsp3) is 0.0435. The number of hydrogen-bond acceptors (Lipinski definition) is 9. The monoisotopic (exact) mass is 816 g/mol. The maximum absolute atomic E-state index is 5.02. The molecule has 1 aliphatic rings. The smallest absolute Gasteiger partial charge is 0.149 e. The molecule has 59 heavy (non-hydrogen) atoms. The van der Waals surface area contributed by atoms with Gasteiger partial charge in [-0.2, -0.15) is 0 Å². The molecule has 9 aromatic heterocycles. The van der Waals surface area contributed by atoms with Gasteiger partial charge in [0.2, 0.25) is 0 Å². The first-order valence-corrected chi connectivity index (χ1v) is 21.8. The molecule has 3 aromatic carbocycles. The number of aromatic nitrogens is 10. The molecule has 13 heteroatoms. The van der Waals surface area contributed by atoms with Crippen LogP contribution in [-0.4, -0.2) is 49.0 Å². The number of nitrogens with zero attached hydrogens (tertiary/aromatic N) is 8. The predicted octanol–water partition coefficient (Wildman–Crippen LogP) is 11.6. The van der Waals surface area contributed by atoms with Crippen molar-refractivity contribution < 1.29 is 0 Å². The van der Waals surface area contributed by atoms with Crippen molar-refractivity contribution in [3.8, 4) is 44.0 Å². The van der Waals surface area contributed by atoms with Gasteiger partial charge < -0.3 is 9.97 Å². The van der Waals surface area contributed by atoms with E-state index in [2.05, 4.69) is 102 Å². The average Bonchev–Trinajstić information content (AvgIpc) is 4.14. The lowest BCUT2D eigenvalue weighted by Crippen LogP contribution is -2.07. The molecule has 0 atom stereocenters. The summed E-state index contributed by atoms with van der Waals surface area (Å²) in [4.78, 5) is 37.7. The quantitative estimate of drug-likeness (QED) is 0.172. The molecule has 10 nitrogen and oxygen atoms in total. The highest BCUT2D eigenvalue weighted by atomic mass is 32.1. The standard InChI is InChI=1S/C46H28N10S3/c1-5-27-29-9-3-15-51-45(29)55(39(27)31(7-1)37-41(57-23-53-37)43-47-17-18-48-43)25-11-13-35-33(21-25)34-22-26(12-14-36(34)59-35)56-40-28(30-10-4-16-52-46(30)56)6-2-8-32(40)38-42(58-24-54-38)44-49-19-20-50-44/h1,3-5,7-24H,2,6H2,(H,47,48)(H,49,50). The molecular weight excluding hydrogens is 789 g/mol. The minimum Gasteiger partial charge on any atom is -0.344 e. The van der Waals surface area contributed by atoms with Crippen molar-refractivity contribution in [3.05, 3.63) is 150 Å². The zero-order chi connectivity index (χ0) is 38.6. The largest absolute Gasteiger partial charge is 0.344 e.